The van der Waals surface area contributed by atoms with Gasteiger partial charge in [0.2, 0.25) is 0 Å². The summed E-state index contributed by atoms with van der Waals surface area (Å²) in [6.07, 6.45) is 3.64. The Kier molecular flexibility index (Phi) is 5.33. The second-order valence-electron chi connectivity index (χ2n) is 4.57. The lowest BCUT2D eigenvalue weighted by Crippen LogP contribution is -2.32. The van der Waals surface area contributed by atoms with Crippen molar-refractivity contribution in [2.24, 2.45) is 0 Å². The molecule has 5 heteroatoms. The fourth-order valence-electron chi connectivity index (χ4n) is 2.02. The van der Waals surface area contributed by atoms with Crippen molar-refractivity contribution >= 4 is 27.9 Å². The molecular formula is C15H15BrN2O2. The van der Waals surface area contributed by atoms with E-state index in [2.05, 4.69) is 21.2 Å². The number of halogens is 1. The molecule has 20 heavy (non-hydrogen) atoms. The first-order chi connectivity index (χ1) is 9.69. The van der Waals surface area contributed by atoms with Gasteiger partial charge in [0.05, 0.1) is 6.10 Å². The number of rotatable bonds is 4. The average molecular weight is 335 g/mol. The first-order valence-corrected chi connectivity index (χ1v) is 7.25. The summed E-state index contributed by atoms with van der Waals surface area (Å²) in [5, 5.41) is 11.8. The third-order valence-electron chi connectivity index (χ3n) is 3.04. The number of ether oxygens (including phenoxy) is 1. The van der Waals surface area contributed by atoms with E-state index in [0.29, 0.717) is 6.54 Å². The SMILES string of the molecule is N#CC(=Cc1cccc(Br)c1)C(=O)NCC1CCCO1. The third-order valence-corrected chi connectivity index (χ3v) is 3.53. The molecule has 1 aliphatic heterocycles. The summed E-state index contributed by atoms with van der Waals surface area (Å²) in [5.74, 6) is -0.358. The maximum absolute atomic E-state index is 12.0. The topological polar surface area (TPSA) is 62.1 Å². The molecule has 1 aliphatic rings. The van der Waals surface area contributed by atoms with Gasteiger partial charge in [-0.1, -0.05) is 28.1 Å². The van der Waals surface area contributed by atoms with E-state index >= 15 is 0 Å². The minimum atomic E-state index is -0.358. The highest BCUT2D eigenvalue weighted by Crippen LogP contribution is 2.15. The molecule has 0 saturated carbocycles. The van der Waals surface area contributed by atoms with Crippen LogP contribution in [0.15, 0.2) is 34.3 Å². The highest BCUT2D eigenvalue weighted by molar-refractivity contribution is 9.10. The summed E-state index contributed by atoms with van der Waals surface area (Å²) >= 11 is 3.36. The van der Waals surface area contributed by atoms with Crippen molar-refractivity contribution in [2.75, 3.05) is 13.2 Å². The maximum atomic E-state index is 12.0. The van der Waals surface area contributed by atoms with Crippen molar-refractivity contribution < 1.29 is 9.53 Å². The Balaban J connectivity index is 1.99. The van der Waals surface area contributed by atoms with Crippen LogP contribution < -0.4 is 5.32 Å². The molecular weight excluding hydrogens is 320 g/mol. The van der Waals surface area contributed by atoms with Crippen molar-refractivity contribution in [1.29, 1.82) is 5.26 Å². The molecule has 1 unspecified atom stereocenters. The Bertz CT molecular complexity index is 557. The molecule has 1 saturated heterocycles. The number of nitrogens with one attached hydrogen (secondary N) is 1. The standard InChI is InChI=1S/C15H15BrN2O2/c16-13-4-1-3-11(8-13)7-12(9-17)15(19)18-10-14-5-2-6-20-14/h1,3-4,7-8,14H,2,5-6,10H2,(H,18,19). The van der Waals surface area contributed by atoms with Crippen LogP contribution in [-0.2, 0) is 9.53 Å². The van der Waals surface area contributed by atoms with Gasteiger partial charge in [0.15, 0.2) is 0 Å². The van der Waals surface area contributed by atoms with E-state index in [1.807, 2.05) is 30.3 Å². The van der Waals surface area contributed by atoms with Crippen molar-refractivity contribution in [2.45, 2.75) is 18.9 Å². The highest BCUT2D eigenvalue weighted by Gasteiger charge is 2.17. The molecule has 1 N–H and O–H groups in total. The molecule has 1 aromatic carbocycles. The van der Waals surface area contributed by atoms with Crippen LogP contribution in [-0.4, -0.2) is 25.2 Å². The number of carbonyl (C=O) groups excluding carboxylic acids is 1. The van der Waals surface area contributed by atoms with Crippen LogP contribution in [0.2, 0.25) is 0 Å². The molecule has 1 aromatic rings. The van der Waals surface area contributed by atoms with Gasteiger partial charge in [-0.05, 0) is 36.6 Å². The van der Waals surface area contributed by atoms with E-state index in [0.717, 1.165) is 29.5 Å². The minimum Gasteiger partial charge on any atom is -0.376 e. The van der Waals surface area contributed by atoms with Gasteiger partial charge in [-0.3, -0.25) is 4.79 Å². The lowest BCUT2D eigenvalue weighted by Gasteiger charge is -2.10. The van der Waals surface area contributed by atoms with Gasteiger partial charge in [0.25, 0.3) is 5.91 Å². The molecule has 0 radical (unpaired) electrons. The van der Waals surface area contributed by atoms with Gasteiger partial charge in [-0.15, -0.1) is 0 Å². The first kappa shape index (κ1) is 14.8. The zero-order valence-electron chi connectivity index (χ0n) is 10.9. The molecule has 2 rings (SSSR count). The second-order valence-corrected chi connectivity index (χ2v) is 5.49. The molecule has 1 heterocycles. The lowest BCUT2D eigenvalue weighted by atomic mass is 10.1. The highest BCUT2D eigenvalue weighted by atomic mass is 79.9. The maximum Gasteiger partial charge on any atom is 0.262 e. The van der Waals surface area contributed by atoms with Crippen molar-refractivity contribution in [3.05, 3.63) is 39.9 Å². The summed E-state index contributed by atoms with van der Waals surface area (Å²) in [6, 6.07) is 9.38. The Hall–Kier alpha value is -1.64. The summed E-state index contributed by atoms with van der Waals surface area (Å²) in [7, 11) is 0. The molecule has 104 valence electrons. The Morgan fingerprint density at radius 3 is 3.10 bits per heavy atom. The predicted molar refractivity (Wildman–Crippen MR) is 79.7 cm³/mol. The predicted octanol–water partition coefficient (Wildman–Crippen LogP) is 2.65. The first-order valence-electron chi connectivity index (χ1n) is 6.46. The van der Waals surface area contributed by atoms with Gasteiger partial charge in [-0.25, -0.2) is 0 Å². The van der Waals surface area contributed by atoms with Crippen LogP contribution in [0.5, 0.6) is 0 Å². The molecule has 1 fully saturated rings. The second kappa shape index (κ2) is 7.22. The number of hydrogen-bond acceptors (Lipinski definition) is 3. The van der Waals surface area contributed by atoms with E-state index in [-0.39, 0.29) is 17.6 Å². The number of amides is 1. The van der Waals surface area contributed by atoms with E-state index < -0.39 is 0 Å². The Morgan fingerprint density at radius 1 is 1.60 bits per heavy atom. The number of hydrogen-bond donors (Lipinski definition) is 1. The van der Waals surface area contributed by atoms with Crippen LogP contribution in [0.3, 0.4) is 0 Å². The average Bonchev–Trinajstić information content (AvgIpc) is 2.95. The number of carbonyl (C=O) groups is 1. The number of nitriles is 1. The normalized spacial score (nSPS) is 18.6. The third kappa shape index (κ3) is 4.19. The Labute approximate surface area is 126 Å². The van der Waals surface area contributed by atoms with Gasteiger partial charge in [0.1, 0.15) is 11.6 Å². The fraction of sp³-hybridized carbons (Fsp3) is 0.333. The summed E-state index contributed by atoms with van der Waals surface area (Å²) < 4.78 is 6.33. The van der Waals surface area contributed by atoms with Gasteiger partial charge in [-0.2, -0.15) is 5.26 Å². The van der Waals surface area contributed by atoms with Gasteiger partial charge in [0, 0.05) is 17.6 Å². The molecule has 0 aliphatic carbocycles. The van der Waals surface area contributed by atoms with Crippen LogP contribution >= 0.6 is 15.9 Å². The van der Waals surface area contributed by atoms with Crippen LogP contribution in [0.4, 0.5) is 0 Å². The van der Waals surface area contributed by atoms with Crippen LogP contribution in [0, 0.1) is 11.3 Å². The zero-order valence-corrected chi connectivity index (χ0v) is 12.5. The number of nitrogens with zero attached hydrogens (tertiary/aromatic N) is 1. The zero-order chi connectivity index (χ0) is 14.4. The minimum absolute atomic E-state index is 0.0739. The van der Waals surface area contributed by atoms with E-state index in [1.54, 1.807) is 6.08 Å². The van der Waals surface area contributed by atoms with E-state index in [9.17, 15) is 4.79 Å². The van der Waals surface area contributed by atoms with Gasteiger partial charge < -0.3 is 10.1 Å². The quantitative estimate of drug-likeness (QED) is 0.680. The smallest absolute Gasteiger partial charge is 0.262 e. The van der Waals surface area contributed by atoms with Crippen molar-refractivity contribution in [3.8, 4) is 6.07 Å². The molecule has 0 spiro atoms. The van der Waals surface area contributed by atoms with E-state index in [1.165, 1.54) is 0 Å². The van der Waals surface area contributed by atoms with Crippen molar-refractivity contribution in [3.63, 3.8) is 0 Å². The molecule has 4 nitrogen and oxygen atoms in total. The van der Waals surface area contributed by atoms with Gasteiger partial charge >= 0.3 is 0 Å². The summed E-state index contributed by atoms with van der Waals surface area (Å²) in [4.78, 5) is 12.0. The Morgan fingerprint density at radius 2 is 2.45 bits per heavy atom. The van der Waals surface area contributed by atoms with Crippen LogP contribution in [0.25, 0.3) is 6.08 Å². The molecule has 1 atom stereocenters. The summed E-state index contributed by atoms with van der Waals surface area (Å²) in [6.45, 7) is 1.20. The number of benzene rings is 1. The lowest BCUT2D eigenvalue weighted by molar-refractivity contribution is -0.117. The van der Waals surface area contributed by atoms with Crippen molar-refractivity contribution in [1.82, 2.24) is 5.32 Å². The summed E-state index contributed by atoms with van der Waals surface area (Å²) in [5.41, 5.74) is 0.907. The van der Waals surface area contributed by atoms with E-state index in [4.69, 9.17) is 10.00 Å². The fourth-order valence-corrected chi connectivity index (χ4v) is 2.44. The largest absolute Gasteiger partial charge is 0.376 e. The molecule has 0 bridgehead atoms. The van der Waals surface area contributed by atoms with Crippen LogP contribution in [0.1, 0.15) is 18.4 Å². The monoisotopic (exact) mass is 334 g/mol. The molecule has 0 aromatic heterocycles. The molecule has 1 amide bonds.